The molecule has 1 aliphatic carbocycles. The third kappa shape index (κ3) is 2.27. The van der Waals surface area contributed by atoms with E-state index in [0.29, 0.717) is 31.0 Å². The fraction of sp³-hybridized carbons (Fsp3) is 0.476. The van der Waals surface area contributed by atoms with Crippen molar-refractivity contribution in [2.45, 2.75) is 25.8 Å². The predicted molar refractivity (Wildman–Crippen MR) is 99.6 cm³/mol. The zero-order valence-electron chi connectivity index (χ0n) is 15.2. The quantitative estimate of drug-likeness (QED) is 0.801. The fourth-order valence-electron chi connectivity index (χ4n) is 5.14. The first-order valence-electron chi connectivity index (χ1n) is 9.38. The minimum atomic E-state index is 0.219. The minimum Gasteiger partial charge on any atom is -0.497 e. The molecule has 2 aliphatic heterocycles. The highest BCUT2D eigenvalue weighted by atomic mass is 16.5. The van der Waals surface area contributed by atoms with Crippen LogP contribution >= 0.6 is 0 Å². The Kier molecular flexibility index (Phi) is 3.69. The number of methoxy groups -OCH3 is 1. The Morgan fingerprint density at radius 1 is 1.35 bits per heavy atom. The van der Waals surface area contributed by atoms with E-state index in [4.69, 9.17) is 9.47 Å². The second kappa shape index (κ2) is 5.96. The number of hydrogen-bond donors (Lipinski definition) is 1. The molecule has 136 valence electrons. The Balaban J connectivity index is 1.68. The number of Topliss-reactive ketones (excluding diaryl/α,β-unsaturated/α-hetero) is 1. The first kappa shape index (κ1) is 16.1. The third-order valence-corrected chi connectivity index (χ3v) is 6.49. The number of aromatic nitrogens is 1. The van der Waals surface area contributed by atoms with E-state index in [2.05, 4.69) is 29.0 Å². The van der Waals surface area contributed by atoms with Gasteiger partial charge in [-0.15, -0.1) is 0 Å². The second-order valence-corrected chi connectivity index (χ2v) is 7.67. The smallest absolute Gasteiger partial charge is 0.179 e. The summed E-state index contributed by atoms with van der Waals surface area (Å²) in [5.41, 5.74) is 4.35. The van der Waals surface area contributed by atoms with Crippen LogP contribution in [0.2, 0.25) is 0 Å². The number of benzene rings is 1. The van der Waals surface area contributed by atoms with Crippen LogP contribution in [0.4, 0.5) is 0 Å². The van der Waals surface area contributed by atoms with Crippen LogP contribution in [0.5, 0.6) is 5.75 Å². The number of piperidine rings is 1. The number of carbonyl (C=O) groups is 1. The third-order valence-electron chi connectivity index (χ3n) is 6.49. The van der Waals surface area contributed by atoms with Crippen molar-refractivity contribution in [1.29, 1.82) is 0 Å². The Morgan fingerprint density at radius 3 is 3.04 bits per heavy atom. The summed E-state index contributed by atoms with van der Waals surface area (Å²) in [6.07, 6.45) is 3.66. The van der Waals surface area contributed by atoms with Gasteiger partial charge >= 0.3 is 0 Å². The fourth-order valence-corrected chi connectivity index (χ4v) is 5.14. The van der Waals surface area contributed by atoms with Crippen molar-refractivity contribution < 1.29 is 14.3 Å². The second-order valence-electron chi connectivity index (χ2n) is 7.67. The molecule has 2 fully saturated rings. The lowest BCUT2D eigenvalue weighted by molar-refractivity contribution is -0.109. The molecule has 2 aromatic rings. The van der Waals surface area contributed by atoms with E-state index in [-0.39, 0.29) is 5.78 Å². The molecule has 0 amide bonds. The number of nitrogens with zero attached hydrogens (tertiary/aromatic N) is 1. The number of aromatic amines is 1. The molecule has 0 spiro atoms. The zero-order chi connectivity index (χ0) is 17.8. The van der Waals surface area contributed by atoms with Gasteiger partial charge in [0.1, 0.15) is 5.75 Å². The van der Waals surface area contributed by atoms with Crippen molar-refractivity contribution in [2.75, 3.05) is 27.0 Å². The number of H-pyrrole nitrogens is 1. The van der Waals surface area contributed by atoms with Gasteiger partial charge in [0.15, 0.2) is 5.78 Å². The van der Waals surface area contributed by atoms with Crippen molar-refractivity contribution >= 4 is 16.7 Å². The molecule has 3 heterocycles. The van der Waals surface area contributed by atoms with Gasteiger partial charge in [-0.25, -0.2) is 0 Å². The average Bonchev–Trinajstić information content (AvgIpc) is 3.00. The molecule has 1 aromatic carbocycles. The van der Waals surface area contributed by atoms with Crippen molar-refractivity contribution in [3.63, 3.8) is 0 Å². The minimum absolute atomic E-state index is 0.219. The number of carbonyl (C=O) groups excluding carboxylic acids is 1. The molecule has 0 saturated carbocycles. The van der Waals surface area contributed by atoms with Crippen LogP contribution in [0.1, 0.15) is 29.4 Å². The molecule has 0 radical (unpaired) electrons. The van der Waals surface area contributed by atoms with E-state index >= 15 is 0 Å². The van der Waals surface area contributed by atoms with Gasteiger partial charge in [-0.1, -0.05) is 11.6 Å². The Labute approximate surface area is 153 Å². The number of ketones is 1. The highest BCUT2D eigenvalue weighted by Gasteiger charge is 2.46. The Hall–Kier alpha value is -2.11. The molecule has 4 unspecified atom stereocenters. The van der Waals surface area contributed by atoms with Crippen molar-refractivity contribution in [3.8, 4) is 5.75 Å². The van der Waals surface area contributed by atoms with E-state index in [1.807, 2.05) is 12.1 Å². The molecule has 26 heavy (non-hydrogen) atoms. The maximum Gasteiger partial charge on any atom is 0.179 e. The van der Waals surface area contributed by atoms with Gasteiger partial charge in [0.2, 0.25) is 0 Å². The molecule has 1 aromatic heterocycles. The summed E-state index contributed by atoms with van der Waals surface area (Å²) in [4.78, 5) is 19.0. The zero-order valence-corrected chi connectivity index (χ0v) is 15.2. The lowest BCUT2D eigenvalue weighted by atomic mass is 9.70. The lowest BCUT2D eigenvalue weighted by Gasteiger charge is -2.51. The van der Waals surface area contributed by atoms with Crippen molar-refractivity contribution in [3.05, 3.63) is 41.1 Å². The number of rotatable bonds is 1. The number of hydrogen-bond acceptors (Lipinski definition) is 4. The van der Waals surface area contributed by atoms with Crippen LogP contribution in [0.3, 0.4) is 0 Å². The first-order chi connectivity index (χ1) is 12.7. The van der Waals surface area contributed by atoms with E-state index in [0.717, 1.165) is 47.5 Å². The average molecular weight is 352 g/mol. The molecule has 4 atom stereocenters. The molecular weight excluding hydrogens is 328 g/mol. The Morgan fingerprint density at radius 2 is 2.23 bits per heavy atom. The van der Waals surface area contributed by atoms with Crippen LogP contribution in [-0.4, -0.2) is 48.7 Å². The molecule has 1 N–H and O–H groups in total. The predicted octanol–water partition coefficient (Wildman–Crippen LogP) is 3.16. The highest BCUT2D eigenvalue weighted by molar-refractivity contribution is 6.03. The topological polar surface area (TPSA) is 54.6 Å². The number of allylic oxidation sites excluding steroid dienone is 1. The summed E-state index contributed by atoms with van der Waals surface area (Å²) in [6.45, 7) is 4.44. The van der Waals surface area contributed by atoms with Crippen LogP contribution in [0, 0.1) is 11.8 Å². The summed E-state index contributed by atoms with van der Waals surface area (Å²) >= 11 is 0. The summed E-state index contributed by atoms with van der Waals surface area (Å²) in [6, 6.07) is 6.44. The summed E-state index contributed by atoms with van der Waals surface area (Å²) in [5.74, 6) is 1.73. The van der Waals surface area contributed by atoms with Gasteiger partial charge in [0.05, 0.1) is 26.1 Å². The van der Waals surface area contributed by atoms with Crippen LogP contribution in [0.15, 0.2) is 29.8 Å². The van der Waals surface area contributed by atoms with Gasteiger partial charge in [-0.05, 0) is 43.0 Å². The van der Waals surface area contributed by atoms with Gasteiger partial charge in [0, 0.05) is 35.8 Å². The van der Waals surface area contributed by atoms with Gasteiger partial charge < -0.3 is 14.5 Å². The van der Waals surface area contributed by atoms with E-state index in [1.165, 1.54) is 5.57 Å². The Bertz CT molecular complexity index is 913. The highest BCUT2D eigenvalue weighted by Crippen LogP contribution is 2.43. The van der Waals surface area contributed by atoms with Gasteiger partial charge in [0.25, 0.3) is 0 Å². The standard InChI is InChI=1S/C21H24N2O3/c1-3-12-9-23-11-26-10-17-14(12)8-20(24)21-16(7-19(17)23)15-6-13(25-2)4-5-18(15)22-21/h3-6,14,17,19,22H,7-11H2,1-2H3. The van der Waals surface area contributed by atoms with Crippen molar-refractivity contribution in [2.24, 2.45) is 11.8 Å². The maximum absolute atomic E-state index is 13.2. The number of nitrogens with one attached hydrogen (secondary N) is 1. The largest absolute Gasteiger partial charge is 0.497 e. The van der Waals surface area contributed by atoms with Gasteiger partial charge in [-0.2, -0.15) is 0 Å². The summed E-state index contributed by atoms with van der Waals surface area (Å²) in [5, 5.41) is 1.11. The van der Waals surface area contributed by atoms with E-state index in [9.17, 15) is 4.79 Å². The molecule has 5 heteroatoms. The normalized spacial score (nSPS) is 32.2. The summed E-state index contributed by atoms with van der Waals surface area (Å²) < 4.78 is 11.3. The van der Waals surface area contributed by atoms with E-state index < -0.39 is 0 Å². The monoisotopic (exact) mass is 352 g/mol. The molecule has 4 bridgehead atoms. The van der Waals surface area contributed by atoms with Gasteiger partial charge in [-0.3, -0.25) is 9.69 Å². The number of ether oxygens (including phenoxy) is 2. The molecule has 5 rings (SSSR count). The van der Waals surface area contributed by atoms with Crippen molar-refractivity contribution in [1.82, 2.24) is 9.88 Å². The molecule has 3 aliphatic rings. The van der Waals surface area contributed by atoms with Crippen LogP contribution in [0.25, 0.3) is 10.9 Å². The van der Waals surface area contributed by atoms with Crippen LogP contribution in [-0.2, 0) is 11.2 Å². The van der Waals surface area contributed by atoms with Crippen LogP contribution < -0.4 is 4.74 Å². The SMILES string of the molecule is CC=C1CN2COCC3C1CC(=O)c1[nH]c4ccc(OC)cc4c1CC32. The number of fused-ring (bicyclic) bond motifs is 3. The maximum atomic E-state index is 13.2. The summed E-state index contributed by atoms with van der Waals surface area (Å²) in [7, 11) is 1.68. The first-order valence-corrected chi connectivity index (χ1v) is 9.38. The molecular formula is C21H24N2O3. The lowest BCUT2D eigenvalue weighted by Crippen LogP contribution is -2.58. The molecule has 2 saturated heterocycles. The molecule has 5 nitrogen and oxygen atoms in total. The van der Waals surface area contributed by atoms with E-state index in [1.54, 1.807) is 7.11 Å².